The van der Waals surface area contributed by atoms with Crippen LogP contribution in [0.1, 0.15) is 6.92 Å². The van der Waals surface area contributed by atoms with E-state index in [4.69, 9.17) is 21.0 Å². The molecular weight excluding hydrogens is 310 g/mol. The van der Waals surface area contributed by atoms with Gasteiger partial charge in [-0.05, 0) is 0 Å². The molecular formula is C12H19N5O6. The second-order valence-electron chi connectivity index (χ2n) is 4.93. The predicted octanol–water partition coefficient (Wildman–Crippen LogP) is -1.63. The number of guanidine groups is 1. The van der Waals surface area contributed by atoms with Crippen LogP contribution in [0.25, 0.3) is 0 Å². The van der Waals surface area contributed by atoms with E-state index in [1.54, 1.807) is 0 Å². The van der Waals surface area contributed by atoms with E-state index in [0.717, 1.165) is 0 Å². The van der Waals surface area contributed by atoms with Crippen molar-refractivity contribution in [3.8, 4) is 0 Å². The first-order valence-corrected chi connectivity index (χ1v) is 6.50. The lowest BCUT2D eigenvalue weighted by Gasteiger charge is -2.37. The van der Waals surface area contributed by atoms with Gasteiger partial charge in [0.15, 0.2) is 5.96 Å². The van der Waals surface area contributed by atoms with Crippen LogP contribution in [0.3, 0.4) is 0 Å². The van der Waals surface area contributed by atoms with Crippen molar-refractivity contribution >= 4 is 23.9 Å². The van der Waals surface area contributed by atoms with E-state index >= 15 is 0 Å². The number of hydrogen-bond acceptors (Lipinski definition) is 6. The molecule has 0 radical (unpaired) electrons. The summed E-state index contributed by atoms with van der Waals surface area (Å²) in [5, 5.41) is 21.0. The molecule has 11 heteroatoms. The molecule has 1 heterocycles. The minimum atomic E-state index is -1.63. The highest BCUT2D eigenvalue weighted by Crippen LogP contribution is 2.21. The Morgan fingerprint density at radius 1 is 1.39 bits per heavy atom. The highest BCUT2D eigenvalue weighted by Gasteiger charge is 2.42. The number of amides is 2. The van der Waals surface area contributed by atoms with Crippen LogP contribution in [-0.2, 0) is 19.1 Å². The first-order chi connectivity index (χ1) is 10.6. The number of nitrogens with zero attached hydrogens (tertiary/aromatic N) is 1. The third kappa shape index (κ3) is 5.05. The summed E-state index contributed by atoms with van der Waals surface area (Å²) in [6.45, 7) is 1.25. The Hall–Kier alpha value is -2.98. The van der Waals surface area contributed by atoms with Crippen molar-refractivity contribution in [1.82, 2.24) is 15.5 Å². The fraction of sp³-hybridized carbons (Fsp3) is 0.500. The number of carboxylic acid groups (broad SMARTS) is 1. The lowest BCUT2D eigenvalue weighted by Crippen LogP contribution is -2.62. The Morgan fingerprint density at radius 3 is 2.43 bits per heavy atom. The summed E-state index contributed by atoms with van der Waals surface area (Å²) >= 11 is 0. The molecule has 0 spiro atoms. The van der Waals surface area contributed by atoms with Gasteiger partial charge in [0.2, 0.25) is 12.0 Å². The van der Waals surface area contributed by atoms with E-state index in [9.17, 15) is 14.4 Å². The van der Waals surface area contributed by atoms with Crippen molar-refractivity contribution in [2.24, 2.45) is 5.73 Å². The molecule has 128 valence electrons. The van der Waals surface area contributed by atoms with E-state index in [1.165, 1.54) is 32.0 Å². The average molecular weight is 329 g/mol. The van der Waals surface area contributed by atoms with Crippen LogP contribution in [0.4, 0.5) is 4.79 Å². The van der Waals surface area contributed by atoms with Gasteiger partial charge in [-0.3, -0.25) is 15.0 Å². The molecule has 1 aliphatic heterocycles. The predicted molar refractivity (Wildman–Crippen MR) is 77.2 cm³/mol. The molecule has 3 atom stereocenters. The largest absolute Gasteiger partial charge is 0.513 e. The number of carbonyl (C=O) groups is 3. The number of nitrogens with two attached hydrogens (primary N) is 1. The molecule has 0 aromatic carbocycles. The lowest BCUT2D eigenvalue weighted by molar-refractivity contribution is -0.146. The average Bonchev–Trinajstić information content (AvgIpc) is 2.38. The van der Waals surface area contributed by atoms with Gasteiger partial charge in [0.1, 0.15) is 0 Å². The zero-order valence-corrected chi connectivity index (χ0v) is 12.8. The maximum Gasteiger partial charge on any atom is 0.513 e. The van der Waals surface area contributed by atoms with Crippen molar-refractivity contribution in [3.05, 3.63) is 12.0 Å². The minimum absolute atomic E-state index is 0.436. The number of hydrogen-bond donors (Lipinski definition) is 5. The summed E-state index contributed by atoms with van der Waals surface area (Å²) in [5.74, 6) is -1.85. The van der Waals surface area contributed by atoms with Gasteiger partial charge in [-0.1, -0.05) is 0 Å². The lowest BCUT2D eigenvalue weighted by atomic mass is 9.98. The van der Waals surface area contributed by atoms with E-state index in [1.807, 2.05) is 0 Å². The number of ether oxygens (including phenoxy) is 2. The molecule has 0 saturated heterocycles. The Kier molecular flexibility index (Phi) is 5.76. The van der Waals surface area contributed by atoms with E-state index < -0.39 is 48.1 Å². The fourth-order valence-electron chi connectivity index (χ4n) is 1.99. The highest BCUT2D eigenvalue weighted by molar-refractivity contribution is 5.84. The fourth-order valence-corrected chi connectivity index (χ4v) is 1.99. The van der Waals surface area contributed by atoms with Crippen LogP contribution in [-0.4, -0.2) is 66.2 Å². The van der Waals surface area contributed by atoms with Crippen molar-refractivity contribution in [1.29, 1.82) is 5.41 Å². The zero-order valence-electron chi connectivity index (χ0n) is 12.8. The summed E-state index contributed by atoms with van der Waals surface area (Å²) in [6.07, 6.45) is -1.72. The van der Waals surface area contributed by atoms with Crippen LogP contribution in [0.5, 0.6) is 0 Å². The van der Waals surface area contributed by atoms with Gasteiger partial charge < -0.3 is 35.8 Å². The van der Waals surface area contributed by atoms with Gasteiger partial charge >= 0.3 is 6.16 Å². The first-order valence-electron chi connectivity index (χ1n) is 6.50. The van der Waals surface area contributed by atoms with Crippen molar-refractivity contribution < 1.29 is 29.0 Å². The highest BCUT2D eigenvalue weighted by atomic mass is 16.7. The second kappa shape index (κ2) is 7.33. The Morgan fingerprint density at radius 2 is 2.00 bits per heavy atom. The van der Waals surface area contributed by atoms with Crippen LogP contribution >= 0.6 is 0 Å². The zero-order chi connectivity index (χ0) is 17.7. The van der Waals surface area contributed by atoms with Gasteiger partial charge in [0.25, 0.3) is 11.9 Å². The standard InChI is InChI=1S/C12H19N5O6/c1-5(18)15-8-6(16-11(13)14)4-7(23-12(20)21)22-9(8)10(19)17(2)3/h4,6,8-9H,1-3H3,(H,15,18)(H,20,21)(H4,13,14,16)/t6-,8+,9+/m0/s1. The van der Waals surface area contributed by atoms with Crippen LogP contribution in [0.2, 0.25) is 0 Å². The molecule has 0 aliphatic carbocycles. The summed E-state index contributed by atoms with van der Waals surface area (Å²) < 4.78 is 9.68. The topological polar surface area (TPSA) is 167 Å². The maximum absolute atomic E-state index is 12.3. The van der Waals surface area contributed by atoms with Gasteiger partial charge in [0.05, 0.1) is 12.1 Å². The van der Waals surface area contributed by atoms with Gasteiger partial charge in [-0.25, -0.2) is 4.79 Å². The molecule has 0 saturated carbocycles. The smallest absolute Gasteiger partial charge is 0.449 e. The van der Waals surface area contributed by atoms with Gasteiger partial charge in [-0.15, -0.1) is 0 Å². The van der Waals surface area contributed by atoms with Gasteiger partial charge in [0, 0.05) is 27.1 Å². The molecule has 1 rings (SSSR count). The normalized spacial score (nSPS) is 22.9. The molecule has 0 fully saturated rings. The summed E-state index contributed by atoms with van der Waals surface area (Å²) in [5.41, 5.74) is 5.28. The molecule has 11 nitrogen and oxygen atoms in total. The minimum Gasteiger partial charge on any atom is -0.449 e. The van der Waals surface area contributed by atoms with Crippen LogP contribution < -0.4 is 16.4 Å². The summed E-state index contributed by atoms with van der Waals surface area (Å²) in [6, 6.07) is -1.80. The molecule has 0 aromatic rings. The Labute approximate surface area is 131 Å². The quantitative estimate of drug-likeness (QED) is 0.233. The Bertz CT molecular complexity index is 546. The summed E-state index contributed by atoms with van der Waals surface area (Å²) in [4.78, 5) is 35.5. The molecule has 0 bridgehead atoms. The maximum atomic E-state index is 12.3. The third-order valence-corrected chi connectivity index (χ3v) is 2.84. The number of rotatable bonds is 4. The molecule has 0 unspecified atom stereocenters. The van der Waals surface area contributed by atoms with Crippen LogP contribution in [0, 0.1) is 5.41 Å². The number of nitrogens with one attached hydrogen (secondary N) is 3. The van der Waals surface area contributed by atoms with Gasteiger partial charge in [-0.2, -0.15) is 0 Å². The van der Waals surface area contributed by atoms with E-state index in [-0.39, 0.29) is 0 Å². The molecule has 2 amide bonds. The molecule has 0 aromatic heterocycles. The molecule has 23 heavy (non-hydrogen) atoms. The molecule has 6 N–H and O–H groups in total. The van der Waals surface area contributed by atoms with E-state index in [2.05, 4.69) is 15.4 Å². The first kappa shape index (κ1) is 18.1. The monoisotopic (exact) mass is 329 g/mol. The molecule has 1 aliphatic rings. The van der Waals surface area contributed by atoms with Crippen molar-refractivity contribution in [2.75, 3.05) is 14.1 Å². The number of likely N-dealkylation sites (N-methyl/N-ethyl adjacent to an activating group) is 1. The van der Waals surface area contributed by atoms with Crippen LogP contribution in [0.15, 0.2) is 12.0 Å². The SMILES string of the molecule is CC(=O)N[C@@H]1[C@@H](NC(=N)N)C=C(OC(=O)O)O[C@H]1C(=O)N(C)C. The third-order valence-electron chi connectivity index (χ3n) is 2.84. The summed E-state index contributed by atoms with van der Waals surface area (Å²) in [7, 11) is 2.94. The number of carbonyl (C=O) groups excluding carboxylic acids is 2. The second-order valence-corrected chi connectivity index (χ2v) is 4.93. The van der Waals surface area contributed by atoms with E-state index in [0.29, 0.717) is 0 Å². The van der Waals surface area contributed by atoms with Crippen molar-refractivity contribution in [3.63, 3.8) is 0 Å². The Balaban J connectivity index is 3.21. The van der Waals surface area contributed by atoms with Crippen molar-refractivity contribution in [2.45, 2.75) is 25.1 Å².